The Morgan fingerprint density at radius 1 is 1.19 bits per heavy atom. The molecule has 3 aromatic rings. The van der Waals surface area contributed by atoms with Crippen LogP contribution in [-0.4, -0.2) is 35.0 Å². The van der Waals surface area contributed by atoms with Gasteiger partial charge in [-0.05, 0) is 23.2 Å². The van der Waals surface area contributed by atoms with Crippen LogP contribution >= 0.6 is 0 Å². The Balaban J connectivity index is 0.00000261. The number of benzene rings is 1. The van der Waals surface area contributed by atoms with Crippen LogP contribution in [0.3, 0.4) is 0 Å². The standard InChI is InChI=1S/C16H14F2N3O4S.K/c1-23-13-5-9(19-7-14(13)24-2)8-26(22)16-20-11-4-3-10(25-15(17)18)6-12(11)21-16;/h3-7,15H,8H2,1-2H3;/q-1;+1. The molecule has 138 valence electrons. The molecule has 1 unspecified atom stereocenters. The predicted molar refractivity (Wildman–Crippen MR) is 89.1 cm³/mol. The van der Waals surface area contributed by atoms with E-state index in [2.05, 4.69) is 19.7 Å². The minimum atomic E-state index is -2.93. The summed E-state index contributed by atoms with van der Waals surface area (Å²) in [7, 11) is 1.41. The summed E-state index contributed by atoms with van der Waals surface area (Å²) in [5, 5.41) is 0.0887. The van der Waals surface area contributed by atoms with Crippen molar-refractivity contribution in [2.45, 2.75) is 17.5 Å². The predicted octanol–water partition coefficient (Wildman–Crippen LogP) is -0.483. The largest absolute Gasteiger partial charge is 1.00 e. The van der Waals surface area contributed by atoms with Crippen LogP contribution in [0.2, 0.25) is 0 Å². The van der Waals surface area contributed by atoms with Crippen molar-refractivity contribution in [2.75, 3.05) is 14.2 Å². The molecular formula is C16H14F2KN3O4S. The van der Waals surface area contributed by atoms with Crippen molar-refractivity contribution in [1.82, 2.24) is 15.0 Å². The summed E-state index contributed by atoms with van der Waals surface area (Å²) in [6, 6.07) is 5.78. The molecule has 0 fully saturated rings. The molecule has 0 saturated heterocycles. The van der Waals surface area contributed by atoms with Crippen molar-refractivity contribution in [2.24, 2.45) is 0 Å². The quantitative estimate of drug-likeness (QED) is 0.477. The number of hydrogen-bond donors (Lipinski definition) is 0. The van der Waals surface area contributed by atoms with Gasteiger partial charge in [0.15, 0.2) is 11.5 Å². The van der Waals surface area contributed by atoms with Crippen LogP contribution in [0.1, 0.15) is 5.69 Å². The summed E-state index contributed by atoms with van der Waals surface area (Å²) >= 11 is 0. The van der Waals surface area contributed by atoms with Crippen molar-refractivity contribution in [1.29, 1.82) is 0 Å². The number of pyridine rings is 1. The molecule has 2 aromatic heterocycles. The van der Waals surface area contributed by atoms with E-state index in [1.54, 1.807) is 6.07 Å². The topological polar surface area (TPSA) is 84.6 Å². The summed E-state index contributed by atoms with van der Waals surface area (Å²) in [5.74, 6) is 0.962. The zero-order chi connectivity index (χ0) is 18.7. The first-order valence-electron chi connectivity index (χ1n) is 7.34. The Morgan fingerprint density at radius 2 is 1.93 bits per heavy atom. The molecule has 0 bridgehead atoms. The maximum Gasteiger partial charge on any atom is 1.00 e. The van der Waals surface area contributed by atoms with Crippen LogP contribution in [0.4, 0.5) is 8.78 Å². The second-order valence-electron chi connectivity index (χ2n) is 5.06. The van der Waals surface area contributed by atoms with Gasteiger partial charge in [-0.3, -0.25) is 9.19 Å². The molecular weight excluding hydrogens is 407 g/mol. The summed E-state index contributed by atoms with van der Waals surface area (Å²) < 4.78 is 51.7. The molecule has 3 rings (SSSR count). The van der Waals surface area contributed by atoms with Gasteiger partial charge in [-0.2, -0.15) is 8.78 Å². The first kappa shape index (κ1) is 22.2. The van der Waals surface area contributed by atoms with Crippen molar-refractivity contribution < 1.29 is 78.6 Å². The van der Waals surface area contributed by atoms with Gasteiger partial charge in [0, 0.05) is 11.2 Å². The van der Waals surface area contributed by atoms with Crippen LogP contribution in [-0.2, 0) is 16.6 Å². The summed E-state index contributed by atoms with van der Waals surface area (Å²) in [6.07, 6.45) is 1.47. The summed E-state index contributed by atoms with van der Waals surface area (Å²) in [6.45, 7) is -2.93. The molecule has 0 aliphatic carbocycles. The van der Waals surface area contributed by atoms with Crippen LogP contribution in [0.25, 0.3) is 11.0 Å². The Kier molecular flexibility index (Phi) is 8.13. The van der Waals surface area contributed by atoms with Crippen molar-refractivity contribution in [3.63, 3.8) is 0 Å². The van der Waals surface area contributed by atoms with Crippen LogP contribution in [0.5, 0.6) is 17.2 Å². The average molecular weight is 421 g/mol. The van der Waals surface area contributed by atoms with Crippen molar-refractivity contribution in [3.05, 3.63) is 36.2 Å². The number of ether oxygens (including phenoxy) is 3. The maximum absolute atomic E-state index is 12.5. The van der Waals surface area contributed by atoms with Crippen LogP contribution < -0.4 is 70.6 Å². The third-order valence-corrected chi connectivity index (χ3v) is 4.56. The Bertz CT molecular complexity index is 955. The molecule has 1 atom stereocenters. The molecule has 0 aliphatic heterocycles. The van der Waals surface area contributed by atoms with Gasteiger partial charge in [0.1, 0.15) is 5.75 Å². The van der Waals surface area contributed by atoms with Gasteiger partial charge in [0.2, 0.25) is 0 Å². The number of aromatic nitrogens is 3. The molecule has 0 N–H and O–H groups in total. The van der Waals surface area contributed by atoms with E-state index in [1.165, 1.54) is 38.6 Å². The zero-order valence-electron chi connectivity index (χ0n) is 14.8. The number of alkyl halides is 2. The molecule has 27 heavy (non-hydrogen) atoms. The van der Waals surface area contributed by atoms with Crippen LogP contribution in [0, 0.1) is 0 Å². The number of imidazole rings is 1. The second kappa shape index (κ2) is 9.89. The van der Waals surface area contributed by atoms with E-state index >= 15 is 0 Å². The van der Waals surface area contributed by atoms with Gasteiger partial charge >= 0.3 is 58.0 Å². The Hall–Kier alpha value is -1.11. The maximum atomic E-state index is 12.5. The van der Waals surface area contributed by atoms with Gasteiger partial charge in [-0.25, -0.2) is 0 Å². The Morgan fingerprint density at radius 3 is 2.59 bits per heavy atom. The zero-order valence-corrected chi connectivity index (χ0v) is 18.7. The fourth-order valence-corrected chi connectivity index (χ4v) is 3.21. The van der Waals surface area contributed by atoms with Gasteiger partial charge in [-0.15, -0.1) is 0 Å². The monoisotopic (exact) mass is 421 g/mol. The molecule has 0 amide bonds. The molecule has 0 spiro atoms. The molecule has 1 aromatic carbocycles. The normalized spacial score (nSPS) is 11.9. The number of halogens is 2. The van der Waals surface area contributed by atoms with Crippen molar-refractivity contribution in [3.8, 4) is 17.2 Å². The van der Waals surface area contributed by atoms with E-state index < -0.39 is 17.4 Å². The van der Waals surface area contributed by atoms with E-state index in [-0.39, 0.29) is 68.0 Å². The van der Waals surface area contributed by atoms with Crippen molar-refractivity contribution >= 4 is 21.8 Å². The molecule has 11 heteroatoms. The van der Waals surface area contributed by atoms with E-state index in [0.717, 1.165) is 0 Å². The smallest absolute Gasteiger partial charge is 0.493 e. The first-order valence-corrected chi connectivity index (χ1v) is 8.66. The fourth-order valence-electron chi connectivity index (χ4n) is 2.25. The fraction of sp³-hybridized carbons (Fsp3) is 0.250. The summed E-state index contributed by atoms with van der Waals surface area (Å²) in [5.41, 5.74) is 1.28. The minimum Gasteiger partial charge on any atom is -0.493 e. The molecule has 7 nitrogen and oxygen atoms in total. The minimum absolute atomic E-state index is 0. The number of hydrogen-bond acceptors (Lipinski definition) is 6. The SMILES string of the molecule is COc1cnc(CS(=O)c2nc3cc(OC(F)F)ccc3[n-]2)cc1OC.[K+]. The molecule has 0 saturated carbocycles. The third-order valence-electron chi connectivity index (χ3n) is 3.41. The second-order valence-corrected chi connectivity index (χ2v) is 6.40. The van der Waals surface area contributed by atoms with Gasteiger partial charge in [-0.1, -0.05) is 6.07 Å². The molecule has 0 radical (unpaired) electrons. The molecule has 2 heterocycles. The Labute approximate surface area is 198 Å². The van der Waals surface area contributed by atoms with E-state index in [9.17, 15) is 13.0 Å². The number of fused-ring (bicyclic) bond motifs is 1. The first-order chi connectivity index (χ1) is 12.5. The summed E-state index contributed by atoms with van der Waals surface area (Å²) in [4.78, 5) is 12.5. The average Bonchev–Trinajstić information content (AvgIpc) is 3.04. The van der Waals surface area contributed by atoms with E-state index in [4.69, 9.17) is 9.47 Å². The van der Waals surface area contributed by atoms with E-state index in [1.807, 2.05) is 0 Å². The van der Waals surface area contributed by atoms with Gasteiger partial charge in [0.25, 0.3) is 0 Å². The van der Waals surface area contributed by atoms with Crippen LogP contribution in [0.15, 0.2) is 35.6 Å². The number of methoxy groups -OCH3 is 2. The van der Waals surface area contributed by atoms with E-state index in [0.29, 0.717) is 28.2 Å². The number of nitrogens with zero attached hydrogens (tertiary/aromatic N) is 3. The van der Waals surface area contributed by atoms with Gasteiger partial charge < -0.3 is 24.2 Å². The number of rotatable bonds is 7. The molecule has 0 aliphatic rings. The van der Waals surface area contributed by atoms with Gasteiger partial charge in [0.05, 0.1) is 42.7 Å². The third kappa shape index (κ3) is 5.45.